The van der Waals surface area contributed by atoms with Crippen molar-refractivity contribution in [2.45, 2.75) is 73.9 Å². The first-order valence-corrected chi connectivity index (χ1v) is 16.7. The Morgan fingerprint density at radius 3 is 2.29 bits per heavy atom. The van der Waals surface area contributed by atoms with Crippen LogP contribution in [0.25, 0.3) is 0 Å². The summed E-state index contributed by atoms with van der Waals surface area (Å²) >= 11 is 0. The predicted molar refractivity (Wildman–Crippen MR) is 168 cm³/mol. The van der Waals surface area contributed by atoms with Crippen molar-refractivity contribution < 1.29 is 62.5 Å². The summed E-state index contributed by atoms with van der Waals surface area (Å²) in [6.45, 7) is 1.64. The number of ether oxygens (including phenoxy) is 8. The molecule has 2 N–H and O–H groups in total. The highest BCUT2D eigenvalue weighted by molar-refractivity contribution is 5.90. The van der Waals surface area contributed by atoms with Crippen LogP contribution >= 0.6 is 0 Å². The first-order chi connectivity index (χ1) is 23.4. The third-order valence-corrected chi connectivity index (χ3v) is 13.4. The molecule has 14 nitrogen and oxygen atoms in total. The van der Waals surface area contributed by atoms with E-state index in [1.807, 2.05) is 0 Å². The Bertz CT molecular complexity index is 1510. The summed E-state index contributed by atoms with van der Waals surface area (Å²) in [4.78, 5) is 42.2. The highest BCUT2D eigenvalue weighted by atomic mass is 16.6. The number of benzene rings is 1. The first-order valence-electron chi connectivity index (χ1n) is 16.7. The van der Waals surface area contributed by atoms with E-state index in [0.29, 0.717) is 11.5 Å². The number of hydrogen-bond acceptors (Lipinski definition) is 13. The number of esters is 2. The quantitative estimate of drug-likeness (QED) is 0.248. The number of piperidine rings is 1. The number of likely N-dealkylation sites (tertiary alicyclic amines) is 1. The fraction of sp³-hybridized carbons (Fsp3) is 0.743. The molecule has 1 aromatic carbocycles. The predicted octanol–water partition coefficient (Wildman–Crippen LogP) is 0.831. The van der Waals surface area contributed by atoms with Crippen molar-refractivity contribution in [3.8, 4) is 11.5 Å². The zero-order valence-electron chi connectivity index (χ0n) is 29.0. The molecule has 7 bridgehead atoms. The summed E-state index contributed by atoms with van der Waals surface area (Å²) in [6, 6.07) is 4.08. The van der Waals surface area contributed by atoms with Crippen LogP contribution in [0, 0.1) is 34.5 Å². The van der Waals surface area contributed by atoms with E-state index in [2.05, 4.69) is 0 Å². The molecule has 5 saturated carbocycles. The van der Waals surface area contributed by atoms with E-state index >= 15 is 0 Å². The van der Waals surface area contributed by atoms with E-state index < -0.39 is 94.2 Å². The van der Waals surface area contributed by atoms with Gasteiger partial charge in [-0.05, 0) is 30.5 Å². The van der Waals surface area contributed by atoms with Crippen molar-refractivity contribution >= 4 is 18.3 Å². The van der Waals surface area contributed by atoms with Crippen molar-refractivity contribution in [1.29, 1.82) is 0 Å². The van der Waals surface area contributed by atoms with Crippen molar-refractivity contribution in [3.05, 3.63) is 23.8 Å². The normalized spacial score (nSPS) is 45.4. The number of carbonyl (C=O) groups excluding carboxylic acids is 3. The van der Waals surface area contributed by atoms with Gasteiger partial charge in [0.05, 0.1) is 50.8 Å². The molecule has 6 aliphatic rings. The summed E-state index contributed by atoms with van der Waals surface area (Å²) in [5.74, 6) is -2.94. The summed E-state index contributed by atoms with van der Waals surface area (Å²) < 4.78 is 48.2. The SMILES string of the molecule is COC[C@]12CN(C=O)C3C4C(OC)C1C3(C1C[C@@]3(O)C(OC(=O)c5ccc(OC)c(OC)c5)C1[C@]4(OC(C)=O)C[C@@H]3OC)[C@@H](OC)C[C@H]2O. The zero-order valence-corrected chi connectivity index (χ0v) is 29.0. The van der Waals surface area contributed by atoms with E-state index in [0.717, 1.165) is 6.41 Å². The Balaban J connectivity index is 1.47. The summed E-state index contributed by atoms with van der Waals surface area (Å²) in [5, 5.41) is 24.8. The van der Waals surface area contributed by atoms with E-state index in [4.69, 9.17) is 37.9 Å². The van der Waals surface area contributed by atoms with Crippen molar-refractivity contribution in [1.82, 2.24) is 4.90 Å². The Morgan fingerprint density at radius 2 is 1.69 bits per heavy atom. The van der Waals surface area contributed by atoms with Gasteiger partial charge in [-0.1, -0.05) is 0 Å². The third kappa shape index (κ3) is 4.12. The maximum absolute atomic E-state index is 14.1. The van der Waals surface area contributed by atoms with Gasteiger partial charge in [0.2, 0.25) is 6.41 Å². The number of nitrogens with zero attached hydrogens (tertiary/aromatic N) is 1. The summed E-state index contributed by atoms with van der Waals surface area (Å²) in [6.07, 6.45) is -3.10. The van der Waals surface area contributed by atoms with Crippen LogP contribution in [0.4, 0.5) is 0 Å². The molecule has 7 rings (SSSR count). The molecule has 1 heterocycles. The van der Waals surface area contributed by atoms with Crippen molar-refractivity contribution in [3.63, 3.8) is 0 Å². The fourth-order valence-corrected chi connectivity index (χ4v) is 12.3. The second-order valence-corrected chi connectivity index (χ2v) is 14.8. The summed E-state index contributed by atoms with van der Waals surface area (Å²) in [7, 11) is 9.16. The minimum atomic E-state index is -1.71. The number of fused-ring (bicyclic) bond motifs is 2. The number of aliphatic hydroxyl groups excluding tert-OH is 1. The molecule has 270 valence electrons. The standard InChI is InChI=1S/C35H47NO13/c1-17(38)49-34-13-24(46-6)33(41)12-19(25(34)30(33)48-31(40)18-8-9-20(43-3)21(10-18)44-4)35-23(45-5)11-22(39)32(15-42-2)14-36(16-37)29(35)26(34)27(47-7)28(32)35/h8-10,16,19,22-30,39,41H,11-15H2,1-7H3/t19?,22-,23+,24+,25?,26?,27?,28?,29?,30?,32+,33+,34-,35?/m1/s1. The minimum Gasteiger partial charge on any atom is -0.493 e. The third-order valence-electron chi connectivity index (χ3n) is 13.4. The molecule has 1 spiro atoms. The fourth-order valence-electron chi connectivity index (χ4n) is 12.3. The van der Waals surface area contributed by atoms with Gasteiger partial charge in [0.1, 0.15) is 17.3 Å². The lowest BCUT2D eigenvalue weighted by atomic mass is 9.42. The number of amides is 1. The highest BCUT2D eigenvalue weighted by Crippen LogP contribution is 2.80. The molecule has 1 aromatic rings. The average Bonchev–Trinajstić information content (AvgIpc) is 3.46. The molecule has 0 aromatic heterocycles. The second-order valence-electron chi connectivity index (χ2n) is 14.8. The van der Waals surface area contributed by atoms with Gasteiger partial charge < -0.3 is 53.0 Å². The zero-order chi connectivity index (χ0) is 35.3. The van der Waals surface area contributed by atoms with Gasteiger partial charge in [-0.25, -0.2) is 4.79 Å². The molecule has 0 radical (unpaired) electrons. The van der Waals surface area contributed by atoms with Gasteiger partial charge in [0.15, 0.2) is 11.5 Å². The van der Waals surface area contributed by atoms with E-state index in [-0.39, 0.29) is 38.0 Å². The Labute approximate surface area is 285 Å². The minimum absolute atomic E-state index is 0.0686. The number of carbonyl (C=O) groups is 3. The molecule has 49 heavy (non-hydrogen) atoms. The first kappa shape index (κ1) is 34.4. The number of hydrogen-bond donors (Lipinski definition) is 2. The van der Waals surface area contributed by atoms with Crippen LogP contribution in [0.1, 0.15) is 36.5 Å². The van der Waals surface area contributed by atoms with Crippen LogP contribution < -0.4 is 9.47 Å². The van der Waals surface area contributed by atoms with Gasteiger partial charge in [0, 0.05) is 89.4 Å². The number of methoxy groups -OCH3 is 6. The van der Waals surface area contributed by atoms with E-state index in [9.17, 15) is 24.6 Å². The molecule has 8 unspecified atom stereocenters. The van der Waals surface area contributed by atoms with Crippen molar-refractivity contribution in [2.75, 3.05) is 55.8 Å². The van der Waals surface area contributed by atoms with Gasteiger partial charge in [-0.3, -0.25) is 9.59 Å². The van der Waals surface area contributed by atoms with Gasteiger partial charge in [-0.15, -0.1) is 0 Å². The van der Waals surface area contributed by atoms with Crippen LogP contribution in [0.2, 0.25) is 0 Å². The lowest BCUT2D eigenvalue weighted by molar-refractivity contribution is -0.295. The van der Waals surface area contributed by atoms with E-state index in [1.165, 1.54) is 34.3 Å². The number of rotatable bonds is 11. The van der Waals surface area contributed by atoms with Gasteiger partial charge in [-0.2, -0.15) is 0 Å². The van der Waals surface area contributed by atoms with Crippen LogP contribution in [-0.2, 0) is 38.0 Å². The monoisotopic (exact) mass is 689 g/mol. The molecular weight excluding hydrogens is 642 g/mol. The van der Waals surface area contributed by atoms with Crippen LogP contribution in [0.15, 0.2) is 18.2 Å². The van der Waals surface area contributed by atoms with Crippen LogP contribution in [0.3, 0.4) is 0 Å². The highest BCUT2D eigenvalue weighted by Gasteiger charge is 2.90. The molecular formula is C35H47NO13. The lowest BCUT2D eigenvalue weighted by Crippen LogP contribution is -2.79. The molecule has 1 amide bonds. The molecule has 1 aliphatic heterocycles. The molecule has 6 fully saturated rings. The molecule has 5 aliphatic carbocycles. The average molecular weight is 690 g/mol. The van der Waals surface area contributed by atoms with Crippen molar-refractivity contribution in [2.24, 2.45) is 34.5 Å². The molecule has 14 atom stereocenters. The Hall–Kier alpha value is -3.01. The van der Waals surface area contributed by atoms with Crippen LogP contribution in [-0.4, -0.2) is 137 Å². The van der Waals surface area contributed by atoms with Crippen LogP contribution in [0.5, 0.6) is 11.5 Å². The Kier molecular flexibility index (Phi) is 8.28. The smallest absolute Gasteiger partial charge is 0.338 e. The Morgan fingerprint density at radius 1 is 0.980 bits per heavy atom. The largest absolute Gasteiger partial charge is 0.493 e. The van der Waals surface area contributed by atoms with Gasteiger partial charge in [0.25, 0.3) is 0 Å². The maximum Gasteiger partial charge on any atom is 0.338 e. The molecule has 1 saturated heterocycles. The molecule has 14 heteroatoms. The summed E-state index contributed by atoms with van der Waals surface area (Å²) in [5.41, 5.74) is -4.85. The van der Waals surface area contributed by atoms with E-state index in [1.54, 1.807) is 38.4 Å². The topological polar surface area (TPSA) is 169 Å². The number of aliphatic hydroxyl groups is 2. The lowest BCUT2D eigenvalue weighted by Gasteiger charge is -2.69. The maximum atomic E-state index is 14.1. The second kappa shape index (κ2) is 11.8. The van der Waals surface area contributed by atoms with Gasteiger partial charge >= 0.3 is 11.9 Å².